The second kappa shape index (κ2) is 4.07. The molecule has 0 spiro atoms. The number of aromatic hydroxyl groups is 1. The van der Waals surface area contributed by atoms with Crippen molar-refractivity contribution >= 4 is 21.0 Å². The number of benzene rings is 1. The summed E-state index contributed by atoms with van der Waals surface area (Å²) in [5.41, 5.74) is 0.146. The molecular formula is C10H11NO4S. The molecule has 0 radical (unpaired) electrons. The normalized spacial score (nSPS) is 11.1. The zero-order valence-electron chi connectivity index (χ0n) is 7.45. The highest BCUT2D eigenvalue weighted by Crippen LogP contribution is 2.23. The van der Waals surface area contributed by atoms with Crippen molar-refractivity contribution in [2.45, 2.75) is 12.5 Å². The SMILES string of the molecule is C.O=S(=O)(O)c1ccc2cccc(O)c2n1. The third-order valence-electron chi connectivity index (χ3n) is 1.94. The predicted octanol–water partition coefficient (Wildman–Crippen LogP) is 1.82. The summed E-state index contributed by atoms with van der Waals surface area (Å²) in [6, 6.07) is 7.33. The molecule has 0 fully saturated rings. The Morgan fingerprint density at radius 3 is 2.44 bits per heavy atom. The minimum Gasteiger partial charge on any atom is -0.506 e. The smallest absolute Gasteiger partial charge is 0.312 e. The molecule has 5 nitrogen and oxygen atoms in total. The van der Waals surface area contributed by atoms with Crippen LogP contribution < -0.4 is 0 Å². The van der Waals surface area contributed by atoms with Crippen LogP contribution in [0.25, 0.3) is 10.9 Å². The zero-order chi connectivity index (χ0) is 11.1. The number of phenolic OH excluding ortho intramolecular Hbond substituents is 1. The maximum absolute atomic E-state index is 10.8. The number of fused-ring (bicyclic) bond motifs is 1. The monoisotopic (exact) mass is 241 g/mol. The fraction of sp³-hybridized carbons (Fsp3) is 0.100. The summed E-state index contributed by atoms with van der Waals surface area (Å²) in [5, 5.41) is 9.55. The van der Waals surface area contributed by atoms with Crippen LogP contribution in [0, 0.1) is 0 Å². The fourth-order valence-electron chi connectivity index (χ4n) is 1.26. The van der Waals surface area contributed by atoms with Crippen molar-refractivity contribution in [3.8, 4) is 5.75 Å². The van der Waals surface area contributed by atoms with Gasteiger partial charge >= 0.3 is 10.1 Å². The highest BCUT2D eigenvalue weighted by atomic mass is 32.2. The van der Waals surface area contributed by atoms with E-state index in [0.717, 1.165) is 0 Å². The van der Waals surface area contributed by atoms with Crippen molar-refractivity contribution < 1.29 is 18.1 Å². The van der Waals surface area contributed by atoms with Crippen molar-refractivity contribution in [1.82, 2.24) is 4.98 Å². The molecule has 0 atom stereocenters. The molecule has 0 aliphatic rings. The summed E-state index contributed by atoms with van der Waals surface area (Å²) < 4.78 is 30.4. The molecule has 1 heterocycles. The number of aromatic nitrogens is 1. The summed E-state index contributed by atoms with van der Waals surface area (Å²) in [4.78, 5) is 3.66. The molecule has 0 unspecified atom stereocenters. The third kappa shape index (κ3) is 2.12. The number of phenols is 1. The number of hydrogen-bond donors (Lipinski definition) is 2. The lowest BCUT2D eigenvalue weighted by molar-refractivity contribution is 0.476. The Balaban J connectivity index is 0.00000128. The first kappa shape index (κ1) is 12.4. The van der Waals surface area contributed by atoms with E-state index in [1.165, 1.54) is 18.2 Å². The first-order valence-electron chi connectivity index (χ1n) is 4.05. The van der Waals surface area contributed by atoms with Crippen LogP contribution in [0.4, 0.5) is 0 Å². The molecule has 0 bridgehead atoms. The third-order valence-corrected chi connectivity index (χ3v) is 2.69. The van der Waals surface area contributed by atoms with Gasteiger partial charge in [-0.2, -0.15) is 8.42 Å². The Kier molecular flexibility index (Phi) is 3.16. The number of nitrogens with zero attached hydrogens (tertiary/aromatic N) is 1. The molecule has 1 aromatic heterocycles. The van der Waals surface area contributed by atoms with Gasteiger partial charge in [-0.3, -0.25) is 4.55 Å². The molecule has 2 N–H and O–H groups in total. The Morgan fingerprint density at radius 2 is 1.81 bits per heavy atom. The first-order valence-corrected chi connectivity index (χ1v) is 5.49. The van der Waals surface area contributed by atoms with Gasteiger partial charge in [-0.25, -0.2) is 4.98 Å². The first-order chi connectivity index (χ1) is 6.98. The highest BCUT2D eigenvalue weighted by Gasteiger charge is 2.12. The van der Waals surface area contributed by atoms with E-state index >= 15 is 0 Å². The van der Waals surface area contributed by atoms with Crippen molar-refractivity contribution in [3.05, 3.63) is 30.3 Å². The number of pyridine rings is 1. The second-order valence-electron chi connectivity index (χ2n) is 2.97. The quantitative estimate of drug-likeness (QED) is 0.743. The van der Waals surface area contributed by atoms with Crippen LogP contribution in [0.15, 0.2) is 35.4 Å². The summed E-state index contributed by atoms with van der Waals surface area (Å²) in [7, 11) is -4.33. The van der Waals surface area contributed by atoms with Crippen LogP contribution in [0.5, 0.6) is 5.75 Å². The largest absolute Gasteiger partial charge is 0.506 e. The van der Waals surface area contributed by atoms with Crippen LogP contribution in [-0.2, 0) is 10.1 Å². The van der Waals surface area contributed by atoms with Gasteiger partial charge in [-0.15, -0.1) is 0 Å². The minimum atomic E-state index is -4.33. The molecule has 0 aliphatic carbocycles. The van der Waals surface area contributed by atoms with Crippen LogP contribution in [0.3, 0.4) is 0 Å². The Labute approximate surface area is 93.1 Å². The Morgan fingerprint density at radius 1 is 1.12 bits per heavy atom. The molecule has 0 saturated carbocycles. The van der Waals surface area contributed by atoms with Crippen molar-refractivity contribution in [1.29, 1.82) is 0 Å². The topological polar surface area (TPSA) is 87.5 Å². The molecular weight excluding hydrogens is 230 g/mol. The summed E-state index contributed by atoms with van der Waals surface area (Å²) in [6.07, 6.45) is 0. The summed E-state index contributed by atoms with van der Waals surface area (Å²) in [5.74, 6) is -0.127. The van der Waals surface area contributed by atoms with Crippen molar-refractivity contribution in [2.24, 2.45) is 0 Å². The standard InChI is InChI=1S/C9H7NO4S.CH4/c11-7-3-1-2-6-4-5-8(10-9(6)7)15(12,13)14;/h1-5,11H,(H,12,13,14);1H4. The maximum atomic E-state index is 10.8. The number of rotatable bonds is 1. The fourth-order valence-corrected chi connectivity index (χ4v) is 1.70. The zero-order valence-corrected chi connectivity index (χ0v) is 8.27. The van der Waals surface area contributed by atoms with Gasteiger partial charge < -0.3 is 5.11 Å². The van der Waals surface area contributed by atoms with Crippen LogP contribution in [0.2, 0.25) is 0 Å². The van der Waals surface area contributed by atoms with E-state index in [-0.39, 0.29) is 18.7 Å². The predicted molar refractivity (Wildman–Crippen MR) is 60.0 cm³/mol. The summed E-state index contributed by atoms with van der Waals surface area (Å²) >= 11 is 0. The highest BCUT2D eigenvalue weighted by molar-refractivity contribution is 7.85. The van der Waals surface area contributed by atoms with E-state index in [1.807, 2.05) is 0 Å². The lowest BCUT2D eigenvalue weighted by Crippen LogP contribution is -2.00. The molecule has 86 valence electrons. The molecule has 2 aromatic rings. The van der Waals surface area contributed by atoms with E-state index in [2.05, 4.69) is 4.98 Å². The van der Waals surface area contributed by atoms with Crippen molar-refractivity contribution in [3.63, 3.8) is 0 Å². The summed E-state index contributed by atoms with van der Waals surface area (Å²) in [6.45, 7) is 0. The van der Waals surface area contributed by atoms with Gasteiger partial charge in [0.1, 0.15) is 11.3 Å². The van der Waals surface area contributed by atoms with Crippen LogP contribution in [-0.4, -0.2) is 23.1 Å². The maximum Gasteiger partial charge on any atom is 0.312 e. The molecule has 0 amide bonds. The van der Waals surface area contributed by atoms with Gasteiger partial charge in [0.25, 0.3) is 0 Å². The molecule has 16 heavy (non-hydrogen) atoms. The van der Waals surface area contributed by atoms with Gasteiger partial charge in [0, 0.05) is 5.39 Å². The van der Waals surface area contributed by atoms with Crippen molar-refractivity contribution in [2.75, 3.05) is 0 Å². The van der Waals surface area contributed by atoms with E-state index in [4.69, 9.17) is 4.55 Å². The second-order valence-corrected chi connectivity index (χ2v) is 4.34. The van der Waals surface area contributed by atoms with E-state index in [0.29, 0.717) is 5.39 Å². The van der Waals surface area contributed by atoms with Crippen LogP contribution in [0.1, 0.15) is 7.43 Å². The minimum absolute atomic E-state index is 0. The average Bonchev–Trinajstić information content (AvgIpc) is 2.16. The molecule has 0 saturated heterocycles. The molecule has 1 aromatic carbocycles. The number of para-hydroxylation sites is 1. The van der Waals surface area contributed by atoms with Gasteiger partial charge in [0.15, 0.2) is 5.03 Å². The Bertz CT molecular complexity index is 622. The lowest BCUT2D eigenvalue weighted by atomic mass is 10.2. The van der Waals surface area contributed by atoms with Gasteiger partial charge in [0.05, 0.1) is 0 Å². The molecule has 6 heteroatoms. The van der Waals surface area contributed by atoms with Crippen LogP contribution >= 0.6 is 0 Å². The lowest BCUT2D eigenvalue weighted by Gasteiger charge is -2.01. The van der Waals surface area contributed by atoms with E-state index in [9.17, 15) is 13.5 Å². The van der Waals surface area contributed by atoms with E-state index < -0.39 is 15.1 Å². The number of hydrogen-bond acceptors (Lipinski definition) is 4. The molecule has 0 aliphatic heterocycles. The molecule has 2 rings (SSSR count). The Hall–Kier alpha value is -1.66. The average molecular weight is 241 g/mol. The van der Waals surface area contributed by atoms with Gasteiger partial charge in [-0.1, -0.05) is 19.6 Å². The van der Waals surface area contributed by atoms with E-state index in [1.54, 1.807) is 12.1 Å². The van der Waals surface area contributed by atoms with Gasteiger partial charge in [0.2, 0.25) is 0 Å². The van der Waals surface area contributed by atoms with Gasteiger partial charge in [-0.05, 0) is 18.2 Å².